The van der Waals surface area contributed by atoms with Crippen molar-refractivity contribution >= 4 is 39.3 Å². The standard InChI is InChI=1S/C32H41N5O4S/c1-4-23-11-12-26-28(18-23)42-30(36-26)19-27(35-29(38)5-2)32(40)34-25(17-24-9-7-6-8-10-24)20-33-31(39)22(3)21-37-13-15-41-16-14-37/h6-12,18,25,27H,3-5,13-17,19-21H2,1-2H3,(H,33,39)(H,34,40)(H,35,38). The van der Waals surface area contributed by atoms with Gasteiger partial charge >= 0.3 is 0 Å². The molecule has 3 N–H and O–H groups in total. The van der Waals surface area contributed by atoms with Gasteiger partial charge in [-0.05, 0) is 36.1 Å². The molecule has 1 aliphatic rings. The Hall–Kier alpha value is -3.60. The van der Waals surface area contributed by atoms with Gasteiger partial charge in [-0.25, -0.2) is 4.98 Å². The summed E-state index contributed by atoms with van der Waals surface area (Å²) >= 11 is 1.54. The minimum Gasteiger partial charge on any atom is -0.379 e. The highest BCUT2D eigenvalue weighted by Crippen LogP contribution is 2.24. The Morgan fingerprint density at radius 3 is 2.50 bits per heavy atom. The van der Waals surface area contributed by atoms with Crippen LogP contribution < -0.4 is 16.0 Å². The zero-order valence-corrected chi connectivity index (χ0v) is 25.3. The Morgan fingerprint density at radius 1 is 1.02 bits per heavy atom. The lowest BCUT2D eigenvalue weighted by Crippen LogP contribution is -2.53. The predicted molar refractivity (Wildman–Crippen MR) is 166 cm³/mol. The number of carbonyl (C=O) groups excluding carboxylic acids is 3. The Morgan fingerprint density at radius 2 is 1.79 bits per heavy atom. The maximum absolute atomic E-state index is 13.7. The SMILES string of the molecule is C=C(CN1CCOCC1)C(=O)NCC(Cc1ccccc1)NC(=O)C(Cc1nc2ccc(CC)cc2s1)NC(=O)CC. The van der Waals surface area contributed by atoms with E-state index < -0.39 is 12.1 Å². The fourth-order valence-electron chi connectivity index (χ4n) is 4.82. The largest absolute Gasteiger partial charge is 0.379 e. The number of nitrogens with zero attached hydrogens (tertiary/aromatic N) is 2. The number of aryl methyl sites for hydroxylation is 1. The molecule has 0 radical (unpaired) electrons. The summed E-state index contributed by atoms with van der Waals surface area (Å²) in [5.74, 6) is -0.768. The number of thiazole rings is 1. The minimum atomic E-state index is -0.797. The molecule has 2 aromatic carbocycles. The Kier molecular flexibility index (Phi) is 11.6. The normalized spacial score (nSPS) is 15.1. The number of morpholine rings is 1. The molecule has 0 saturated carbocycles. The van der Waals surface area contributed by atoms with Crippen LogP contribution in [0.2, 0.25) is 0 Å². The first-order valence-electron chi connectivity index (χ1n) is 14.6. The molecule has 0 aliphatic carbocycles. The molecule has 4 rings (SSSR count). The molecule has 0 bridgehead atoms. The first-order valence-corrected chi connectivity index (χ1v) is 15.4. The second-order valence-electron chi connectivity index (χ2n) is 10.5. The van der Waals surface area contributed by atoms with Gasteiger partial charge < -0.3 is 20.7 Å². The lowest BCUT2D eigenvalue weighted by molar-refractivity contribution is -0.129. The first-order chi connectivity index (χ1) is 20.3. The van der Waals surface area contributed by atoms with Crippen molar-refractivity contribution in [1.29, 1.82) is 0 Å². The summed E-state index contributed by atoms with van der Waals surface area (Å²) in [6.07, 6.45) is 1.98. The highest BCUT2D eigenvalue weighted by molar-refractivity contribution is 7.18. The van der Waals surface area contributed by atoms with Crippen molar-refractivity contribution in [2.45, 2.75) is 51.6 Å². The van der Waals surface area contributed by atoms with Gasteiger partial charge in [0.1, 0.15) is 6.04 Å². The maximum Gasteiger partial charge on any atom is 0.247 e. The van der Waals surface area contributed by atoms with Gasteiger partial charge in [-0.1, -0.05) is 56.8 Å². The van der Waals surface area contributed by atoms with Gasteiger partial charge in [-0.3, -0.25) is 19.3 Å². The Bertz CT molecular complexity index is 1370. The lowest BCUT2D eigenvalue weighted by atomic mass is 10.0. The molecular formula is C32H41N5O4S. The van der Waals surface area contributed by atoms with Gasteiger partial charge in [0.2, 0.25) is 17.7 Å². The van der Waals surface area contributed by atoms with Gasteiger partial charge in [0.15, 0.2) is 0 Å². The second kappa shape index (κ2) is 15.6. The summed E-state index contributed by atoms with van der Waals surface area (Å²) in [7, 11) is 0. The van der Waals surface area contributed by atoms with Crippen molar-refractivity contribution in [3.8, 4) is 0 Å². The Balaban J connectivity index is 1.45. The number of hydrogen-bond acceptors (Lipinski definition) is 7. The molecule has 224 valence electrons. The van der Waals surface area contributed by atoms with Crippen LogP contribution in [-0.4, -0.2) is 79.1 Å². The van der Waals surface area contributed by atoms with Crippen LogP contribution in [0.25, 0.3) is 10.2 Å². The highest BCUT2D eigenvalue weighted by atomic mass is 32.1. The summed E-state index contributed by atoms with van der Waals surface area (Å²) in [4.78, 5) is 45.8. The van der Waals surface area contributed by atoms with E-state index >= 15 is 0 Å². The summed E-state index contributed by atoms with van der Waals surface area (Å²) < 4.78 is 6.45. The number of benzene rings is 2. The molecule has 1 aliphatic heterocycles. The summed E-state index contributed by atoms with van der Waals surface area (Å²) in [5.41, 5.74) is 3.60. The summed E-state index contributed by atoms with van der Waals surface area (Å²) in [6.45, 7) is 11.4. The average Bonchev–Trinajstić information content (AvgIpc) is 3.41. The summed E-state index contributed by atoms with van der Waals surface area (Å²) in [6, 6.07) is 14.8. The van der Waals surface area contributed by atoms with Gasteiger partial charge in [0.25, 0.3) is 0 Å². The number of carbonyl (C=O) groups is 3. The van der Waals surface area contributed by atoms with Crippen molar-refractivity contribution in [2.24, 2.45) is 0 Å². The molecule has 2 heterocycles. The molecule has 2 unspecified atom stereocenters. The van der Waals surface area contributed by atoms with Gasteiger partial charge in [0.05, 0.1) is 34.5 Å². The van der Waals surface area contributed by atoms with E-state index in [1.54, 1.807) is 6.92 Å². The number of fused-ring (bicyclic) bond motifs is 1. The van der Waals surface area contributed by atoms with Crippen LogP contribution in [0.3, 0.4) is 0 Å². The average molecular weight is 592 g/mol. The minimum absolute atomic E-state index is 0.211. The molecule has 9 nitrogen and oxygen atoms in total. The van der Waals surface area contributed by atoms with E-state index in [9.17, 15) is 14.4 Å². The fourth-order valence-corrected chi connectivity index (χ4v) is 5.90. The Labute approximate surface area is 251 Å². The molecule has 1 aromatic heterocycles. The third-order valence-electron chi connectivity index (χ3n) is 7.28. The lowest BCUT2D eigenvalue weighted by Gasteiger charge is -2.27. The van der Waals surface area contributed by atoms with Crippen LogP contribution in [0, 0.1) is 0 Å². The molecule has 42 heavy (non-hydrogen) atoms. The smallest absolute Gasteiger partial charge is 0.247 e. The predicted octanol–water partition coefficient (Wildman–Crippen LogP) is 3.03. The van der Waals surface area contributed by atoms with E-state index in [1.165, 1.54) is 16.9 Å². The highest BCUT2D eigenvalue weighted by Gasteiger charge is 2.26. The zero-order valence-electron chi connectivity index (χ0n) is 24.5. The number of aromatic nitrogens is 1. The van der Waals surface area contributed by atoms with Crippen molar-refractivity contribution < 1.29 is 19.1 Å². The van der Waals surface area contributed by atoms with Crippen LogP contribution in [0.1, 0.15) is 36.4 Å². The molecule has 3 amide bonds. The third kappa shape index (κ3) is 9.20. The first kappa shape index (κ1) is 31.3. The zero-order chi connectivity index (χ0) is 29.9. The molecular weight excluding hydrogens is 550 g/mol. The maximum atomic E-state index is 13.7. The summed E-state index contributed by atoms with van der Waals surface area (Å²) in [5, 5.41) is 9.71. The van der Waals surface area contributed by atoms with Crippen LogP contribution in [-0.2, 0) is 38.4 Å². The molecule has 1 saturated heterocycles. The number of hydrogen-bond donors (Lipinski definition) is 3. The molecule has 1 fully saturated rings. The van der Waals surface area contributed by atoms with Crippen LogP contribution in [0.5, 0.6) is 0 Å². The number of rotatable bonds is 14. The molecule has 2 atom stereocenters. The van der Waals surface area contributed by atoms with Crippen LogP contribution in [0.4, 0.5) is 0 Å². The monoisotopic (exact) mass is 591 g/mol. The van der Waals surface area contributed by atoms with Crippen molar-refractivity contribution in [3.05, 3.63) is 76.8 Å². The molecule has 0 spiro atoms. The van der Waals surface area contributed by atoms with E-state index in [0.717, 1.165) is 40.3 Å². The van der Waals surface area contributed by atoms with Crippen molar-refractivity contribution in [2.75, 3.05) is 39.4 Å². The van der Waals surface area contributed by atoms with Gasteiger partial charge in [0, 0.05) is 44.6 Å². The van der Waals surface area contributed by atoms with E-state index in [4.69, 9.17) is 9.72 Å². The van der Waals surface area contributed by atoms with E-state index in [1.807, 2.05) is 36.4 Å². The fraction of sp³-hybridized carbons (Fsp3) is 0.438. The van der Waals surface area contributed by atoms with Crippen LogP contribution in [0.15, 0.2) is 60.7 Å². The third-order valence-corrected chi connectivity index (χ3v) is 8.32. The molecule has 10 heteroatoms. The van der Waals surface area contributed by atoms with Gasteiger partial charge in [-0.2, -0.15) is 0 Å². The topological polar surface area (TPSA) is 113 Å². The second-order valence-corrected chi connectivity index (χ2v) is 11.7. The molecule has 3 aromatic rings. The van der Waals surface area contributed by atoms with E-state index in [2.05, 4.69) is 46.5 Å². The van der Waals surface area contributed by atoms with Crippen molar-refractivity contribution in [3.63, 3.8) is 0 Å². The van der Waals surface area contributed by atoms with E-state index in [-0.39, 0.29) is 37.1 Å². The van der Waals surface area contributed by atoms with Gasteiger partial charge in [-0.15, -0.1) is 11.3 Å². The van der Waals surface area contributed by atoms with Crippen LogP contribution >= 0.6 is 11.3 Å². The number of amides is 3. The number of ether oxygens (including phenoxy) is 1. The quantitative estimate of drug-likeness (QED) is 0.249. The van der Waals surface area contributed by atoms with E-state index in [0.29, 0.717) is 31.8 Å². The number of nitrogens with one attached hydrogen (secondary N) is 3. The van der Waals surface area contributed by atoms with Crippen molar-refractivity contribution in [1.82, 2.24) is 25.8 Å².